The van der Waals surface area contributed by atoms with Crippen molar-refractivity contribution in [1.82, 2.24) is 9.97 Å². The summed E-state index contributed by atoms with van der Waals surface area (Å²) in [7, 11) is 0. The van der Waals surface area contributed by atoms with Crippen LogP contribution in [0.2, 0.25) is 0 Å². The van der Waals surface area contributed by atoms with E-state index >= 15 is 0 Å². The minimum absolute atomic E-state index is 0.398. The van der Waals surface area contributed by atoms with Gasteiger partial charge in [0.25, 0.3) is 0 Å². The minimum Gasteiger partial charge on any atom is -0.367 e. The van der Waals surface area contributed by atoms with Gasteiger partial charge in [0.15, 0.2) is 0 Å². The van der Waals surface area contributed by atoms with Crippen LogP contribution in [0.4, 0.5) is 5.82 Å². The second-order valence-electron chi connectivity index (χ2n) is 3.57. The van der Waals surface area contributed by atoms with E-state index in [9.17, 15) is 0 Å². The molecule has 1 aromatic heterocycles. The van der Waals surface area contributed by atoms with Crippen LogP contribution in [0.5, 0.6) is 0 Å². The summed E-state index contributed by atoms with van der Waals surface area (Å²) in [6.07, 6.45) is 3.13. The number of rotatable bonds is 3. The highest BCUT2D eigenvalue weighted by Crippen LogP contribution is 2.20. The first kappa shape index (κ1) is 10.9. The van der Waals surface area contributed by atoms with Crippen LogP contribution in [0.3, 0.4) is 0 Å². The predicted octanol–water partition coefficient (Wildman–Crippen LogP) is 2.20. The van der Waals surface area contributed by atoms with E-state index < -0.39 is 5.41 Å². The Labute approximate surface area is 91.5 Å². The van der Waals surface area contributed by atoms with Crippen molar-refractivity contribution in [3.8, 4) is 6.07 Å². The lowest BCUT2D eigenvalue weighted by atomic mass is 9.96. The molecule has 0 aromatic carbocycles. The molecule has 0 spiro atoms. The summed E-state index contributed by atoms with van der Waals surface area (Å²) in [6.45, 7) is 4.29. The van der Waals surface area contributed by atoms with Gasteiger partial charge in [0.05, 0.1) is 16.0 Å². The van der Waals surface area contributed by atoms with Crippen molar-refractivity contribution in [3.63, 3.8) is 0 Å². The van der Waals surface area contributed by atoms with Crippen LogP contribution in [0.25, 0.3) is 0 Å². The van der Waals surface area contributed by atoms with Gasteiger partial charge < -0.3 is 5.32 Å². The molecule has 1 N–H and O–H groups in total. The normalized spacial score (nSPS) is 10.7. The maximum Gasteiger partial charge on any atom is 0.143 e. The number of hydrogen-bond donors (Lipinski definition) is 1. The Kier molecular flexibility index (Phi) is 3.42. The van der Waals surface area contributed by atoms with Gasteiger partial charge in [0.2, 0.25) is 0 Å². The molecule has 0 saturated heterocycles. The van der Waals surface area contributed by atoms with E-state index in [1.54, 1.807) is 6.20 Å². The molecule has 0 aliphatic rings. The third kappa shape index (κ3) is 2.96. The van der Waals surface area contributed by atoms with Crippen LogP contribution in [-0.2, 0) is 0 Å². The van der Waals surface area contributed by atoms with Crippen molar-refractivity contribution in [1.29, 1.82) is 5.26 Å². The SMILES string of the molecule is CC(C)(C#N)CNc1ncncc1Br. The molecule has 0 aliphatic carbocycles. The Morgan fingerprint density at radius 3 is 2.93 bits per heavy atom. The Morgan fingerprint density at radius 1 is 1.64 bits per heavy atom. The molecular weight excluding hydrogens is 244 g/mol. The molecule has 14 heavy (non-hydrogen) atoms. The summed E-state index contributed by atoms with van der Waals surface area (Å²) in [5, 5.41) is 11.9. The predicted molar refractivity (Wildman–Crippen MR) is 57.6 cm³/mol. The van der Waals surface area contributed by atoms with Gasteiger partial charge in [-0.3, -0.25) is 0 Å². The van der Waals surface area contributed by atoms with Crippen LogP contribution < -0.4 is 5.32 Å². The van der Waals surface area contributed by atoms with Crippen molar-refractivity contribution in [2.24, 2.45) is 5.41 Å². The molecule has 0 unspecified atom stereocenters. The quantitative estimate of drug-likeness (QED) is 0.899. The fourth-order valence-corrected chi connectivity index (χ4v) is 1.15. The van der Waals surface area contributed by atoms with E-state index in [0.29, 0.717) is 12.4 Å². The zero-order chi connectivity index (χ0) is 10.6. The van der Waals surface area contributed by atoms with Crippen molar-refractivity contribution in [2.45, 2.75) is 13.8 Å². The van der Waals surface area contributed by atoms with Crippen LogP contribution in [0.15, 0.2) is 17.0 Å². The van der Waals surface area contributed by atoms with Crippen molar-refractivity contribution >= 4 is 21.7 Å². The first-order valence-electron chi connectivity index (χ1n) is 4.16. The van der Waals surface area contributed by atoms with Crippen molar-refractivity contribution < 1.29 is 0 Å². The molecule has 0 bridgehead atoms. The van der Waals surface area contributed by atoms with Gasteiger partial charge in [-0.1, -0.05) is 0 Å². The number of aromatic nitrogens is 2. The lowest BCUT2D eigenvalue weighted by Gasteiger charge is -2.16. The maximum absolute atomic E-state index is 8.81. The van der Waals surface area contributed by atoms with Gasteiger partial charge in [-0.05, 0) is 29.8 Å². The zero-order valence-electron chi connectivity index (χ0n) is 8.08. The summed E-state index contributed by atoms with van der Waals surface area (Å²) in [4.78, 5) is 7.88. The average molecular weight is 255 g/mol. The molecule has 0 aliphatic heterocycles. The highest BCUT2D eigenvalue weighted by Gasteiger charge is 2.16. The molecule has 1 rings (SSSR count). The second-order valence-corrected chi connectivity index (χ2v) is 4.42. The molecule has 0 atom stereocenters. The Bertz CT molecular complexity index is 356. The highest BCUT2D eigenvalue weighted by atomic mass is 79.9. The fraction of sp³-hybridized carbons (Fsp3) is 0.444. The molecule has 74 valence electrons. The van der Waals surface area contributed by atoms with E-state index in [1.165, 1.54) is 6.33 Å². The first-order valence-corrected chi connectivity index (χ1v) is 4.95. The molecule has 0 fully saturated rings. The second kappa shape index (κ2) is 4.38. The van der Waals surface area contributed by atoms with Crippen molar-refractivity contribution in [2.75, 3.05) is 11.9 Å². The van der Waals surface area contributed by atoms with Gasteiger partial charge in [0.1, 0.15) is 12.1 Å². The number of nitrogens with zero attached hydrogens (tertiary/aromatic N) is 3. The minimum atomic E-state index is -0.398. The summed E-state index contributed by atoms with van der Waals surface area (Å²) >= 11 is 3.32. The molecular formula is C9H11BrN4. The average Bonchev–Trinajstić information content (AvgIpc) is 2.17. The Hall–Kier alpha value is -1.15. The van der Waals surface area contributed by atoms with E-state index in [-0.39, 0.29) is 0 Å². The van der Waals surface area contributed by atoms with Gasteiger partial charge in [-0.25, -0.2) is 9.97 Å². The van der Waals surface area contributed by atoms with E-state index in [1.807, 2.05) is 13.8 Å². The lowest BCUT2D eigenvalue weighted by Crippen LogP contribution is -2.21. The molecule has 0 saturated carbocycles. The van der Waals surface area contributed by atoms with Crippen LogP contribution in [0.1, 0.15) is 13.8 Å². The fourth-order valence-electron chi connectivity index (χ4n) is 0.787. The summed E-state index contributed by atoms with van der Waals surface area (Å²) in [5.74, 6) is 0.711. The monoisotopic (exact) mass is 254 g/mol. The van der Waals surface area contributed by atoms with Gasteiger partial charge in [-0.15, -0.1) is 0 Å². The summed E-state index contributed by atoms with van der Waals surface area (Å²) in [6, 6.07) is 2.21. The van der Waals surface area contributed by atoms with Gasteiger partial charge in [0, 0.05) is 12.7 Å². The molecule has 1 aromatic rings. The number of nitrogens with one attached hydrogen (secondary N) is 1. The summed E-state index contributed by atoms with van der Waals surface area (Å²) in [5.41, 5.74) is -0.398. The Morgan fingerprint density at radius 2 is 2.36 bits per heavy atom. The topological polar surface area (TPSA) is 61.6 Å². The van der Waals surface area contributed by atoms with Crippen LogP contribution in [-0.4, -0.2) is 16.5 Å². The van der Waals surface area contributed by atoms with E-state index in [4.69, 9.17) is 5.26 Å². The molecule has 5 heteroatoms. The number of anilines is 1. The molecule has 1 heterocycles. The van der Waals surface area contributed by atoms with Crippen LogP contribution >= 0.6 is 15.9 Å². The molecule has 4 nitrogen and oxygen atoms in total. The first-order chi connectivity index (χ1) is 6.55. The maximum atomic E-state index is 8.81. The molecule has 0 radical (unpaired) electrons. The summed E-state index contributed by atoms with van der Waals surface area (Å²) < 4.78 is 0.800. The van der Waals surface area contributed by atoms with Gasteiger partial charge >= 0.3 is 0 Å². The number of halogens is 1. The molecule has 0 amide bonds. The van der Waals surface area contributed by atoms with E-state index in [0.717, 1.165) is 4.47 Å². The van der Waals surface area contributed by atoms with E-state index in [2.05, 4.69) is 37.3 Å². The smallest absolute Gasteiger partial charge is 0.143 e. The zero-order valence-corrected chi connectivity index (χ0v) is 9.67. The Balaban J connectivity index is 2.64. The largest absolute Gasteiger partial charge is 0.367 e. The number of hydrogen-bond acceptors (Lipinski definition) is 4. The third-order valence-electron chi connectivity index (χ3n) is 1.67. The van der Waals surface area contributed by atoms with Gasteiger partial charge in [-0.2, -0.15) is 5.26 Å². The number of nitriles is 1. The highest BCUT2D eigenvalue weighted by molar-refractivity contribution is 9.10. The van der Waals surface area contributed by atoms with Crippen molar-refractivity contribution in [3.05, 3.63) is 17.0 Å². The lowest BCUT2D eigenvalue weighted by molar-refractivity contribution is 0.528. The third-order valence-corrected chi connectivity index (χ3v) is 2.25. The van der Waals surface area contributed by atoms with Crippen LogP contribution in [0, 0.1) is 16.7 Å². The standard InChI is InChI=1S/C9H11BrN4/c1-9(2,4-11)5-13-8-7(10)3-12-6-14-8/h3,6H,5H2,1-2H3,(H,12,13,14).